The van der Waals surface area contributed by atoms with Crippen LogP contribution in [0.1, 0.15) is 41.3 Å². The molecule has 0 radical (unpaired) electrons. The molecule has 1 aliphatic rings. The van der Waals surface area contributed by atoms with E-state index in [9.17, 15) is 4.79 Å². The molecule has 2 atom stereocenters. The van der Waals surface area contributed by atoms with Crippen LogP contribution in [0.15, 0.2) is 109 Å². The Morgan fingerprint density at radius 3 is 2.35 bits per heavy atom. The second kappa shape index (κ2) is 10.9. The lowest BCUT2D eigenvalue weighted by atomic mass is 9.85. The second-order valence-electron chi connectivity index (χ2n) is 9.14. The van der Waals surface area contributed by atoms with Gasteiger partial charge in [-0.1, -0.05) is 86.3 Å². The zero-order valence-electron chi connectivity index (χ0n) is 19.7. The molecule has 2 heterocycles. The predicted octanol–water partition coefficient (Wildman–Crippen LogP) is 7.37. The first-order valence-electron chi connectivity index (χ1n) is 12.1. The van der Waals surface area contributed by atoms with Crippen LogP contribution in [0.3, 0.4) is 0 Å². The maximum absolute atomic E-state index is 13.5. The molecule has 0 aliphatic heterocycles. The highest BCUT2D eigenvalue weighted by atomic mass is 32.1. The second-order valence-corrected chi connectivity index (χ2v) is 10.00. The summed E-state index contributed by atoms with van der Waals surface area (Å²) < 4.78 is 0. The number of rotatable bonds is 6. The van der Waals surface area contributed by atoms with Crippen molar-refractivity contribution in [3.8, 4) is 11.1 Å². The van der Waals surface area contributed by atoms with Gasteiger partial charge in [0.2, 0.25) is 5.91 Å². The van der Waals surface area contributed by atoms with Gasteiger partial charge in [0.1, 0.15) is 0 Å². The molecule has 0 saturated heterocycles. The SMILES string of the molecule is C.O=C(Nc1nc(Cc2ccc(-c3ccncc3)cc2)cs1)[C@H]1Cc2ccccc2[C@@H]1c1ccccc1. The van der Waals surface area contributed by atoms with Gasteiger partial charge in [-0.25, -0.2) is 4.98 Å². The number of pyridine rings is 1. The smallest absolute Gasteiger partial charge is 0.230 e. The fourth-order valence-electron chi connectivity index (χ4n) is 5.12. The number of fused-ring (bicyclic) bond motifs is 1. The van der Waals surface area contributed by atoms with Crippen LogP contribution < -0.4 is 5.32 Å². The van der Waals surface area contributed by atoms with Crippen molar-refractivity contribution in [3.05, 3.63) is 137 Å². The van der Waals surface area contributed by atoms with Crippen molar-refractivity contribution in [2.45, 2.75) is 26.2 Å². The summed E-state index contributed by atoms with van der Waals surface area (Å²) in [5.74, 6) is -0.0683. The van der Waals surface area contributed by atoms with Crippen molar-refractivity contribution in [1.29, 1.82) is 0 Å². The molecule has 3 aromatic carbocycles. The molecule has 0 saturated carbocycles. The van der Waals surface area contributed by atoms with E-state index in [4.69, 9.17) is 4.98 Å². The zero-order valence-corrected chi connectivity index (χ0v) is 20.5. The highest BCUT2D eigenvalue weighted by molar-refractivity contribution is 7.13. The van der Waals surface area contributed by atoms with Gasteiger partial charge in [0.15, 0.2) is 5.13 Å². The highest BCUT2D eigenvalue weighted by Crippen LogP contribution is 2.43. The molecule has 37 heavy (non-hydrogen) atoms. The summed E-state index contributed by atoms with van der Waals surface area (Å²) >= 11 is 1.49. The minimum absolute atomic E-state index is 0. The molecule has 1 aliphatic carbocycles. The molecule has 1 N–H and O–H groups in total. The number of aromatic nitrogens is 2. The Balaban J connectivity index is 0.00000280. The molecule has 0 unspecified atom stereocenters. The normalized spacial score (nSPS) is 16.0. The molecule has 4 nitrogen and oxygen atoms in total. The lowest BCUT2D eigenvalue weighted by Gasteiger charge is -2.20. The molecule has 5 heteroatoms. The maximum Gasteiger partial charge on any atom is 0.230 e. The van der Waals surface area contributed by atoms with E-state index >= 15 is 0 Å². The Morgan fingerprint density at radius 2 is 1.57 bits per heavy atom. The number of carbonyl (C=O) groups excluding carboxylic acids is 1. The minimum atomic E-state index is -0.155. The third kappa shape index (κ3) is 5.23. The van der Waals surface area contributed by atoms with E-state index < -0.39 is 0 Å². The van der Waals surface area contributed by atoms with Gasteiger partial charge in [-0.15, -0.1) is 11.3 Å². The van der Waals surface area contributed by atoms with E-state index in [1.165, 1.54) is 33.6 Å². The van der Waals surface area contributed by atoms with Crippen LogP contribution in [0.5, 0.6) is 0 Å². The van der Waals surface area contributed by atoms with Crippen LogP contribution in [0.25, 0.3) is 11.1 Å². The van der Waals surface area contributed by atoms with Gasteiger partial charge in [0, 0.05) is 30.1 Å². The first-order chi connectivity index (χ1) is 17.7. The Kier molecular flexibility index (Phi) is 7.24. The Hall–Kier alpha value is -4.09. The van der Waals surface area contributed by atoms with Crippen LogP contribution in [0.4, 0.5) is 5.13 Å². The number of hydrogen-bond donors (Lipinski definition) is 1. The molecule has 0 bridgehead atoms. The first-order valence-corrected chi connectivity index (χ1v) is 13.0. The third-order valence-corrected chi connectivity index (χ3v) is 7.67. The van der Waals surface area contributed by atoms with E-state index in [0.29, 0.717) is 5.13 Å². The Labute approximate surface area is 222 Å². The van der Waals surface area contributed by atoms with Gasteiger partial charge in [-0.3, -0.25) is 9.78 Å². The van der Waals surface area contributed by atoms with E-state index in [-0.39, 0.29) is 25.2 Å². The zero-order chi connectivity index (χ0) is 24.3. The van der Waals surface area contributed by atoms with E-state index in [1.807, 2.05) is 35.7 Å². The third-order valence-electron chi connectivity index (χ3n) is 6.86. The number of amides is 1. The number of carbonyl (C=O) groups is 1. The topological polar surface area (TPSA) is 54.9 Å². The highest BCUT2D eigenvalue weighted by Gasteiger charge is 2.38. The molecular formula is C32H29N3OS. The molecule has 1 amide bonds. The molecular weight excluding hydrogens is 474 g/mol. The monoisotopic (exact) mass is 503 g/mol. The Bertz CT molecular complexity index is 1480. The fraction of sp³-hybridized carbons (Fsp3) is 0.156. The van der Waals surface area contributed by atoms with Gasteiger partial charge < -0.3 is 5.32 Å². The van der Waals surface area contributed by atoms with Gasteiger partial charge in [0.25, 0.3) is 0 Å². The predicted molar refractivity (Wildman–Crippen MR) is 152 cm³/mol. The van der Waals surface area contributed by atoms with Crippen molar-refractivity contribution < 1.29 is 4.79 Å². The molecule has 2 aromatic heterocycles. The van der Waals surface area contributed by atoms with E-state index in [0.717, 1.165) is 29.7 Å². The van der Waals surface area contributed by atoms with Crippen molar-refractivity contribution in [2.75, 3.05) is 5.32 Å². The standard InChI is InChI=1S/C31H25N3OS.CH4/c35-30(28-19-25-8-4-5-9-27(25)29(28)24-6-2-1-3-7-24)34-31-33-26(20-36-31)18-21-10-12-22(13-11-21)23-14-16-32-17-15-23;/h1-17,20,28-29H,18-19H2,(H,33,34,35);1H4/t28-,29-;/m0./s1. The molecule has 0 fully saturated rings. The average Bonchev–Trinajstić information content (AvgIpc) is 3.54. The van der Waals surface area contributed by atoms with E-state index in [1.54, 1.807) is 12.4 Å². The van der Waals surface area contributed by atoms with Crippen molar-refractivity contribution in [3.63, 3.8) is 0 Å². The summed E-state index contributed by atoms with van der Waals surface area (Å²) in [6.45, 7) is 0. The molecule has 0 spiro atoms. The number of benzene rings is 3. The number of nitrogens with one attached hydrogen (secondary N) is 1. The summed E-state index contributed by atoms with van der Waals surface area (Å²) in [7, 11) is 0. The van der Waals surface area contributed by atoms with Crippen molar-refractivity contribution in [1.82, 2.24) is 9.97 Å². The summed E-state index contributed by atoms with van der Waals surface area (Å²) in [5, 5.41) is 5.81. The fourth-order valence-corrected chi connectivity index (χ4v) is 5.84. The molecule has 6 rings (SSSR count). The van der Waals surface area contributed by atoms with Gasteiger partial charge >= 0.3 is 0 Å². The van der Waals surface area contributed by atoms with Crippen LogP contribution in [0, 0.1) is 5.92 Å². The molecule has 5 aromatic rings. The lowest BCUT2D eigenvalue weighted by molar-refractivity contribution is -0.120. The van der Waals surface area contributed by atoms with Crippen LogP contribution in [0.2, 0.25) is 0 Å². The van der Waals surface area contributed by atoms with Gasteiger partial charge in [0.05, 0.1) is 11.6 Å². The van der Waals surface area contributed by atoms with Crippen LogP contribution in [-0.2, 0) is 17.6 Å². The van der Waals surface area contributed by atoms with Crippen molar-refractivity contribution >= 4 is 22.4 Å². The quantitative estimate of drug-likeness (QED) is 0.263. The van der Waals surface area contributed by atoms with E-state index in [2.05, 4.69) is 71.0 Å². The summed E-state index contributed by atoms with van der Waals surface area (Å²) in [6, 6.07) is 31.3. The molecule has 184 valence electrons. The van der Waals surface area contributed by atoms with Gasteiger partial charge in [-0.2, -0.15) is 0 Å². The number of nitrogens with zero attached hydrogens (tertiary/aromatic N) is 2. The summed E-state index contributed by atoms with van der Waals surface area (Å²) in [4.78, 5) is 22.3. The summed E-state index contributed by atoms with van der Waals surface area (Å²) in [5.41, 5.74) is 8.14. The Morgan fingerprint density at radius 1 is 0.865 bits per heavy atom. The maximum atomic E-state index is 13.5. The number of anilines is 1. The van der Waals surface area contributed by atoms with Crippen LogP contribution >= 0.6 is 11.3 Å². The number of hydrogen-bond acceptors (Lipinski definition) is 4. The minimum Gasteiger partial charge on any atom is -0.302 e. The average molecular weight is 504 g/mol. The van der Waals surface area contributed by atoms with Gasteiger partial charge in [-0.05, 0) is 51.9 Å². The lowest BCUT2D eigenvalue weighted by Crippen LogP contribution is -2.26. The van der Waals surface area contributed by atoms with Crippen LogP contribution in [-0.4, -0.2) is 15.9 Å². The summed E-state index contributed by atoms with van der Waals surface area (Å²) in [6.07, 6.45) is 5.08. The first kappa shape index (κ1) is 24.6. The largest absolute Gasteiger partial charge is 0.302 e. The number of thiazole rings is 1. The van der Waals surface area contributed by atoms with Crippen molar-refractivity contribution in [2.24, 2.45) is 5.92 Å².